The van der Waals surface area contributed by atoms with Crippen molar-refractivity contribution in [2.24, 2.45) is 0 Å². The van der Waals surface area contributed by atoms with E-state index < -0.39 is 10.5 Å². The lowest BCUT2D eigenvalue weighted by Gasteiger charge is -2.27. The fourth-order valence-corrected chi connectivity index (χ4v) is 1.84. The average molecular weight is 281 g/mol. The number of rotatable bonds is 6. The Balaban J connectivity index is 2.61. The molecule has 1 rings (SSSR count). The van der Waals surface area contributed by atoms with Gasteiger partial charge in [-0.15, -0.1) is 0 Å². The van der Waals surface area contributed by atoms with Gasteiger partial charge in [-0.25, -0.2) is 0 Å². The zero-order chi connectivity index (χ0) is 15.3. The van der Waals surface area contributed by atoms with Gasteiger partial charge in [0.05, 0.1) is 10.5 Å². The molecule has 0 fully saturated rings. The second kappa shape index (κ2) is 6.44. The molecule has 0 radical (unpaired) electrons. The SMILES string of the molecule is CN(C)CC(C)(O)CNC(=O)c1ccc([N+](=O)[O-])cc1. The highest BCUT2D eigenvalue weighted by molar-refractivity contribution is 5.94. The van der Waals surface area contributed by atoms with Crippen LogP contribution < -0.4 is 5.32 Å². The molecular formula is C13H19N3O4. The molecular weight excluding hydrogens is 262 g/mol. The number of likely N-dealkylation sites (N-methyl/N-ethyl adjacent to an activating group) is 1. The van der Waals surface area contributed by atoms with E-state index in [9.17, 15) is 20.0 Å². The van der Waals surface area contributed by atoms with Gasteiger partial charge in [-0.1, -0.05) is 0 Å². The Morgan fingerprint density at radius 3 is 2.40 bits per heavy atom. The van der Waals surface area contributed by atoms with Gasteiger partial charge in [-0.2, -0.15) is 0 Å². The van der Waals surface area contributed by atoms with Crippen LogP contribution in [0.3, 0.4) is 0 Å². The Morgan fingerprint density at radius 1 is 1.40 bits per heavy atom. The third-order valence-electron chi connectivity index (χ3n) is 2.63. The first-order valence-corrected chi connectivity index (χ1v) is 6.11. The largest absolute Gasteiger partial charge is 0.387 e. The summed E-state index contributed by atoms with van der Waals surface area (Å²) in [7, 11) is 3.65. The lowest BCUT2D eigenvalue weighted by Crippen LogP contribution is -2.47. The number of amides is 1. The smallest absolute Gasteiger partial charge is 0.269 e. The molecule has 0 aliphatic carbocycles. The first kappa shape index (κ1) is 16.1. The van der Waals surface area contributed by atoms with Gasteiger partial charge in [0.15, 0.2) is 0 Å². The molecule has 0 heterocycles. The Kier molecular flexibility index (Phi) is 5.18. The molecule has 1 atom stereocenters. The number of nitro benzene ring substituents is 1. The van der Waals surface area contributed by atoms with Crippen molar-refractivity contribution in [2.75, 3.05) is 27.2 Å². The van der Waals surface area contributed by atoms with E-state index in [0.29, 0.717) is 12.1 Å². The van der Waals surface area contributed by atoms with Gasteiger partial charge in [0.25, 0.3) is 11.6 Å². The molecule has 0 aliphatic heterocycles. The molecule has 7 nitrogen and oxygen atoms in total. The van der Waals surface area contributed by atoms with E-state index in [1.54, 1.807) is 6.92 Å². The van der Waals surface area contributed by atoms with Crippen LogP contribution in [0.15, 0.2) is 24.3 Å². The van der Waals surface area contributed by atoms with Gasteiger partial charge in [-0.05, 0) is 33.2 Å². The maximum Gasteiger partial charge on any atom is 0.269 e. The lowest BCUT2D eigenvalue weighted by molar-refractivity contribution is -0.384. The Labute approximate surface area is 117 Å². The van der Waals surface area contributed by atoms with E-state index in [1.807, 2.05) is 19.0 Å². The summed E-state index contributed by atoms with van der Waals surface area (Å²) in [6.45, 7) is 2.14. The molecule has 0 saturated heterocycles. The third kappa shape index (κ3) is 4.94. The molecule has 0 bridgehead atoms. The fourth-order valence-electron chi connectivity index (χ4n) is 1.84. The zero-order valence-corrected chi connectivity index (χ0v) is 11.8. The van der Waals surface area contributed by atoms with Gasteiger partial charge in [0, 0.05) is 30.8 Å². The molecule has 7 heteroatoms. The van der Waals surface area contributed by atoms with E-state index in [-0.39, 0.29) is 18.1 Å². The summed E-state index contributed by atoms with van der Waals surface area (Å²) in [6.07, 6.45) is 0. The number of nitro groups is 1. The number of carbonyl (C=O) groups is 1. The van der Waals surface area contributed by atoms with Gasteiger partial charge >= 0.3 is 0 Å². The lowest BCUT2D eigenvalue weighted by atomic mass is 10.1. The monoisotopic (exact) mass is 281 g/mol. The number of aliphatic hydroxyl groups is 1. The summed E-state index contributed by atoms with van der Waals surface area (Å²) >= 11 is 0. The molecule has 1 aromatic carbocycles. The van der Waals surface area contributed by atoms with Gasteiger partial charge in [-0.3, -0.25) is 14.9 Å². The summed E-state index contributed by atoms with van der Waals surface area (Å²) in [6, 6.07) is 5.31. The van der Waals surface area contributed by atoms with E-state index in [1.165, 1.54) is 24.3 Å². The van der Waals surface area contributed by atoms with Gasteiger partial charge in [0.1, 0.15) is 0 Å². The topological polar surface area (TPSA) is 95.7 Å². The van der Waals surface area contributed by atoms with Crippen LogP contribution in [0.4, 0.5) is 5.69 Å². The standard InChI is InChI=1S/C13H19N3O4/c1-13(18,9-15(2)3)8-14-12(17)10-4-6-11(7-5-10)16(19)20/h4-7,18H,8-9H2,1-3H3,(H,14,17). The van der Waals surface area contributed by atoms with Crippen molar-refractivity contribution in [3.8, 4) is 0 Å². The number of hydrogen-bond acceptors (Lipinski definition) is 5. The third-order valence-corrected chi connectivity index (χ3v) is 2.63. The molecule has 0 aliphatic rings. The van der Waals surface area contributed by atoms with Crippen molar-refractivity contribution < 1.29 is 14.8 Å². The van der Waals surface area contributed by atoms with Crippen molar-refractivity contribution in [1.29, 1.82) is 0 Å². The van der Waals surface area contributed by atoms with Crippen LogP contribution in [0.5, 0.6) is 0 Å². The highest BCUT2D eigenvalue weighted by Gasteiger charge is 2.22. The predicted octanol–water partition coefficient (Wildman–Crippen LogP) is 0.637. The molecule has 110 valence electrons. The van der Waals surface area contributed by atoms with E-state index in [2.05, 4.69) is 5.32 Å². The number of nitrogens with zero attached hydrogens (tertiary/aromatic N) is 2. The van der Waals surface area contributed by atoms with Gasteiger partial charge in [0.2, 0.25) is 0 Å². The van der Waals surface area contributed by atoms with E-state index in [0.717, 1.165) is 0 Å². The normalized spacial score (nSPS) is 13.8. The first-order valence-electron chi connectivity index (χ1n) is 6.11. The predicted molar refractivity (Wildman–Crippen MR) is 74.6 cm³/mol. The Bertz CT molecular complexity index is 483. The summed E-state index contributed by atoms with van der Waals surface area (Å²) in [5, 5.41) is 23.2. The highest BCUT2D eigenvalue weighted by Crippen LogP contribution is 2.12. The van der Waals surface area contributed by atoms with Gasteiger partial charge < -0.3 is 15.3 Å². The second-order valence-corrected chi connectivity index (χ2v) is 5.22. The molecule has 0 saturated carbocycles. The maximum atomic E-state index is 11.9. The van der Waals surface area contributed by atoms with Crippen LogP contribution in [-0.2, 0) is 0 Å². The van der Waals surface area contributed by atoms with E-state index in [4.69, 9.17) is 0 Å². The minimum atomic E-state index is -1.04. The number of non-ortho nitro benzene ring substituents is 1. The molecule has 1 aromatic rings. The van der Waals surface area contributed by atoms with E-state index >= 15 is 0 Å². The second-order valence-electron chi connectivity index (χ2n) is 5.22. The average Bonchev–Trinajstić information content (AvgIpc) is 2.34. The van der Waals surface area contributed by atoms with Crippen LogP contribution in [0.1, 0.15) is 17.3 Å². The van der Waals surface area contributed by atoms with Crippen molar-refractivity contribution in [3.63, 3.8) is 0 Å². The maximum absolute atomic E-state index is 11.9. The quantitative estimate of drug-likeness (QED) is 0.589. The van der Waals surface area contributed by atoms with Crippen molar-refractivity contribution in [3.05, 3.63) is 39.9 Å². The summed E-state index contributed by atoms with van der Waals surface area (Å²) in [5.41, 5.74) is -0.794. The summed E-state index contributed by atoms with van der Waals surface area (Å²) < 4.78 is 0. The Morgan fingerprint density at radius 2 is 1.95 bits per heavy atom. The number of carbonyl (C=O) groups excluding carboxylic acids is 1. The number of benzene rings is 1. The molecule has 20 heavy (non-hydrogen) atoms. The summed E-state index contributed by atoms with van der Waals surface area (Å²) in [5.74, 6) is -0.376. The van der Waals surface area contributed by atoms with Crippen LogP contribution in [-0.4, -0.2) is 53.6 Å². The van der Waals surface area contributed by atoms with Crippen LogP contribution in [0.2, 0.25) is 0 Å². The summed E-state index contributed by atoms with van der Waals surface area (Å²) in [4.78, 5) is 23.7. The minimum Gasteiger partial charge on any atom is -0.387 e. The molecule has 0 aromatic heterocycles. The molecule has 1 unspecified atom stereocenters. The van der Waals surface area contributed by atoms with Crippen molar-refractivity contribution >= 4 is 11.6 Å². The minimum absolute atomic E-state index is 0.0684. The van der Waals surface area contributed by atoms with Crippen LogP contribution in [0.25, 0.3) is 0 Å². The highest BCUT2D eigenvalue weighted by atomic mass is 16.6. The van der Waals surface area contributed by atoms with Crippen molar-refractivity contribution in [2.45, 2.75) is 12.5 Å². The number of nitrogens with one attached hydrogen (secondary N) is 1. The first-order chi connectivity index (χ1) is 9.21. The molecule has 2 N–H and O–H groups in total. The molecule has 1 amide bonds. The fraction of sp³-hybridized carbons (Fsp3) is 0.462. The Hall–Kier alpha value is -1.99. The molecule has 0 spiro atoms. The van der Waals surface area contributed by atoms with Crippen LogP contribution >= 0.6 is 0 Å². The number of hydrogen-bond donors (Lipinski definition) is 2. The van der Waals surface area contributed by atoms with Crippen LogP contribution in [0, 0.1) is 10.1 Å². The zero-order valence-electron chi connectivity index (χ0n) is 11.8. The van der Waals surface area contributed by atoms with Crippen molar-refractivity contribution in [1.82, 2.24) is 10.2 Å².